The van der Waals surface area contributed by atoms with Crippen LogP contribution in [0.2, 0.25) is 0 Å². The van der Waals surface area contributed by atoms with Gasteiger partial charge < -0.3 is 19.7 Å². The smallest absolute Gasteiger partial charge is 0.247 e. The fourth-order valence-electron chi connectivity index (χ4n) is 4.44. The van der Waals surface area contributed by atoms with Crippen LogP contribution in [0.25, 0.3) is 0 Å². The quantitative estimate of drug-likeness (QED) is 0.409. The first-order valence-corrected chi connectivity index (χ1v) is 12.9. The van der Waals surface area contributed by atoms with Gasteiger partial charge in [0.05, 0.1) is 14.2 Å². The Hall–Kier alpha value is -2.25. The van der Waals surface area contributed by atoms with E-state index >= 15 is 0 Å². The minimum absolute atomic E-state index is 0.134. The lowest BCUT2D eigenvalue weighted by Gasteiger charge is -2.33. The van der Waals surface area contributed by atoms with Crippen LogP contribution in [0.3, 0.4) is 0 Å². The Morgan fingerprint density at radius 3 is 2.47 bits per heavy atom. The van der Waals surface area contributed by atoms with E-state index in [9.17, 15) is 9.59 Å². The summed E-state index contributed by atoms with van der Waals surface area (Å²) in [7, 11) is 3.18. The number of halogens is 2. The van der Waals surface area contributed by atoms with E-state index in [-0.39, 0.29) is 23.7 Å². The van der Waals surface area contributed by atoms with Gasteiger partial charge in [0, 0.05) is 17.1 Å². The van der Waals surface area contributed by atoms with E-state index in [0.717, 1.165) is 41.3 Å². The van der Waals surface area contributed by atoms with E-state index in [2.05, 4.69) is 21.2 Å². The molecule has 34 heavy (non-hydrogen) atoms. The van der Waals surface area contributed by atoms with Crippen LogP contribution in [-0.4, -0.2) is 49.4 Å². The molecule has 1 atom stereocenters. The van der Waals surface area contributed by atoms with Gasteiger partial charge in [-0.15, -0.1) is 11.6 Å². The second-order valence-electron chi connectivity index (χ2n) is 8.46. The Labute approximate surface area is 215 Å². The molecule has 184 valence electrons. The van der Waals surface area contributed by atoms with Gasteiger partial charge in [-0.25, -0.2) is 0 Å². The second kappa shape index (κ2) is 13.0. The van der Waals surface area contributed by atoms with E-state index in [0.29, 0.717) is 24.5 Å². The molecular weight excluding hydrogens is 520 g/mol. The van der Waals surface area contributed by atoms with Gasteiger partial charge in [-0.3, -0.25) is 9.59 Å². The van der Waals surface area contributed by atoms with Crippen LogP contribution in [-0.2, 0) is 16.0 Å². The van der Waals surface area contributed by atoms with Crippen molar-refractivity contribution in [1.29, 1.82) is 0 Å². The number of hydrogen-bond donors (Lipinski definition) is 1. The average Bonchev–Trinajstić information content (AvgIpc) is 2.86. The molecule has 1 saturated carbocycles. The molecule has 1 aliphatic carbocycles. The standard InChI is InChI=1S/C26H32BrClN2O4/c1-33-22-12-11-18(15-23(22)34-2)13-14-30(24(31)17-28)25(19-7-6-8-20(27)16-19)26(32)29-21-9-4-3-5-10-21/h6-8,11-12,15-16,21,25H,3-5,9-10,13-14,17H2,1-2H3,(H,29,32)/t25-/m1/s1. The van der Waals surface area contributed by atoms with Crippen LogP contribution < -0.4 is 14.8 Å². The first-order chi connectivity index (χ1) is 16.5. The van der Waals surface area contributed by atoms with Crippen molar-refractivity contribution in [2.75, 3.05) is 26.6 Å². The third-order valence-electron chi connectivity index (χ3n) is 6.20. The van der Waals surface area contributed by atoms with Crippen LogP contribution in [0.1, 0.15) is 49.3 Å². The van der Waals surface area contributed by atoms with Crippen LogP contribution >= 0.6 is 27.5 Å². The van der Waals surface area contributed by atoms with Crippen LogP contribution in [0, 0.1) is 0 Å². The molecule has 3 rings (SSSR count). The molecule has 8 heteroatoms. The summed E-state index contributed by atoms with van der Waals surface area (Å²) in [4.78, 5) is 28.2. The molecule has 1 N–H and O–H groups in total. The van der Waals surface area contributed by atoms with E-state index in [1.165, 1.54) is 6.42 Å². The highest BCUT2D eigenvalue weighted by Crippen LogP contribution is 2.29. The van der Waals surface area contributed by atoms with E-state index < -0.39 is 6.04 Å². The maximum absolute atomic E-state index is 13.6. The Balaban J connectivity index is 1.88. The lowest BCUT2D eigenvalue weighted by molar-refractivity contribution is -0.139. The first kappa shape index (κ1) is 26.4. The third kappa shape index (κ3) is 6.89. The zero-order chi connectivity index (χ0) is 24.5. The number of carbonyl (C=O) groups is 2. The summed E-state index contributed by atoms with van der Waals surface area (Å²) in [6.07, 6.45) is 5.87. The Kier molecular flexibility index (Phi) is 10.1. The maximum Gasteiger partial charge on any atom is 0.247 e. The van der Waals surface area contributed by atoms with E-state index in [1.54, 1.807) is 19.1 Å². The zero-order valence-electron chi connectivity index (χ0n) is 19.7. The molecule has 2 amide bonds. The largest absolute Gasteiger partial charge is 0.493 e. The monoisotopic (exact) mass is 550 g/mol. The molecule has 2 aromatic rings. The number of benzene rings is 2. The van der Waals surface area contributed by atoms with Gasteiger partial charge in [0.2, 0.25) is 11.8 Å². The molecule has 6 nitrogen and oxygen atoms in total. The van der Waals surface area contributed by atoms with Gasteiger partial charge in [0.25, 0.3) is 0 Å². The van der Waals surface area contributed by atoms with Crippen molar-refractivity contribution < 1.29 is 19.1 Å². The third-order valence-corrected chi connectivity index (χ3v) is 6.92. The minimum atomic E-state index is -0.772. The van der Waals surface area contributed by atoms with Crippen molar-refractivity contribution >= 4 is 39.3 Å². The van der Waals surface area contributed by atoms with Gasteiger partial charge in [-0.05, 0) is 54.7 Å². The first-order valence-electron chi connectivity index (χ1n) is 11.6. The fourth-order valence-corrected chi connectivity index (χ4v) is 5.01. The molecule has 0 aliphatic heterocycles. The minimum Gasteiger partial charge on any atom is -0.493 e. The zero-order valence-corrected chi connectivity index (χ0v) is 22.0. The number of nitrogens with zero attached hydrogens (tertiary/aromatic N) is 1. The van der Waals surface area contributed by atoms with Crippen LogP contribution in [0.5, 0.6) is 11.5 Å². The molecule has 0 aromatic heterocycles. The van der Waals surface area contributed by atoms with Gasteiger partial charge in [0.1, 0.15) is 11.9 Å². The van der Waals surface area contributed by atoms with Crippen molar-refractivity contribution in [3.8, 4) is 11.5 Å². The Bertz CT molecular complexity index is 981. The maximum atomic E-state index is 13.6. The Morgan fingerprint density at radius 1 is 1.09 bits per heavy atom. The lowest BCUT2D eigenvalue weighted by Crippen LogP contribution is -2.48. The Morgan fingerprint density at radius 2 is 1.82 bits per heavy atom. The lowest BCUT2D eigenvalue weighted by atomic mass is 9.94. The summed E-state index contributed by atoms with van der Waals surface area (Å²) >= 11 is 9.51. The molecule has 0 heterocycles. The summed E-state index contributed by atoms with van der Waals surface area (Å²) in [5.74, 6) is 0.599. The summed E-state index contributed by atoms with van der Waals surface area (Å²) in [5.41, 5.74) is 1.71. The van der Waals surface area contributed by atoms with Crippen molar-refractivity contribution in [1.82, 2.24) is 10.2 Å². The molecule has 1 aliphatic rings. The number of rotatable bonds is 10. The SMILES string of the molecule is COc1ccc(CCN(C(=O)CCl)[C@@H](C(=O)NC2CCCCC2)c2cccc(Br)c2)cc1OC. The van der Waals surface area contributed by atoms with E-state index in [4.69, 9.17) is 21.1 Å². The summed E-state index contributed by atoms with van der Waals surface area (Å²) in [5, 5.41) is 3.20. The number of ether oxygens (including phenoxy) is 2. The summed E-state index contributed by atoms with van der Waals surface area (Å²) in [6.45, 7) is 0.330. The molecule has 0 saturated heterocycles. The molecule has 1 fully saturated rings. The molecular formula is C26H32BrClN2O4. The number of nitrogens with one attached hydrogen (secondary N) is 1. The van der Waals surface area contributed by atoms with Gasteiger partial charge in [0.15, 0.2) is 11.5 Å². The second-order valence-corrected chi connectivity index (χ2v) is 9.64. The number of hydrogen-bond acceptors (Lipinski definition) is 4. The van der Waals surface area contributed by atoms with Crippen LogP contribution in [0.15, 0.2) is 46.9 Å². The summed E-state index contributed by atoms with van der Waals surface area (Å²) < 4.78 is 11.6. The molecule has 0 radical (unpaired) electrons. The van der Waals surface area contributed by atoms with E-state index in [1.807, 2.05) is 42.5 Å². The van der Waals surface area contributed by atoms with Crippen molar-refractivity contribution in [3.05, 3.63) is 58.1 Å². The highest BCUT2D eigenvalue weighted by Gasteiger charge is 2.32. The molecule has 2 aromatic carbocycles. The summed E-state index contributed by atoms with van der Waals surface area (Å²) in [6, 6.07) is 12.6. The van der Waals surface area contributed by atoms with Gasteiger partial charge >= 0.3 is 0 Å². The van der Waals surface area contributed by atoms with Crippen molar-refractivity contribution in [2.45, 2.75) is 50.6 Å². The highest BCUT2D eigenvalue weighted by molar-refractivity contribution is 9.10. The number of amides is 2. The highest BCUT2D eigenvalue weighted by atomic mass is 79.9. The number of carbonyl (C=O) groups excluding carboxylic acids is 2. The van der Waals surface area contributed by atoms with Crippen LogP contribution in [0.4, 0.5) is 0 Å². The molecule has 0 unspecified atom stereocenters. The average molecular weight is 552 g/mol. The normalized spacial score (nSPS) is 14.8. The molecule has 0 spiro atoms. The topological polar surface area (TPSA) is 67.9 Å². The number of alkyl halides is 1. The number of methoxy groups -OCH3 is 2. The van der Waals surface area contributed by atoms with Crippen molar-refractivity contribution in [3.63, 3.8) is 0 Å². The van der Waals surface area contributed by atoms with Gasteiger partial charge in [-0.2, -0.15) is 0 Å². The predicted molar refractivity (Wildman–Crippen MR) is 138 cm³/mol. The fraction of sp³-hybridized carbons (Fsp3) is 0.462. The van der Waals surface area contributed by atoms with Crippen molar-refractivity contribution in [2.24, 2.45) is 0 Å². The predicted octanol–water partition coefficient (Wildman–Crippen LogP) is 5.27. The van der Waals surface area contributed by atoms with Gasteiger partial charge in [-0.1, -0.05) is 53.4 Å². The molecule has 0 bridgehead atoms.